The fraction of sp³-hybridized carbons (Fsp3) is 0.150. The lowest BCUT2D eigenvalue weighted by atomic mass is 10.0. The first kappa shape index (κ1) is 19.1. The van der Waals surface area contributed by atoms with Gasteiger partial charge in [0.1, 0.15) is 34.5 Å². The molecule has 4 aromatic rings. The van der Waals surface area contributed by atoms with E-state index in [9.17, 15) is 8.78 Å². The number of hydrogen-bond donors (Lipinski definition) is 1. The number of fused-ring (bicyclic) bond motifs is 1. The molecule has 4 rings (SSSR count). The van der Waals surface area contributed by atoms with Crippen LogP contribution in [0.5, 0.6) is 5.75 Å². The maximum atomic E-state index is 14.6. The van der Waals surface area contributed by atoms with Gasteiger partial charge in [-0.3, -0.25) is 0 Å². The summed E-state index contributed by atoms with van der Waals surface area (Å²) in [5.74, 6) is -0.160. The predicted octanol–water partition coefficient (Wildman–Crippen LogP) is 5.25. The van der Waals surface area contributed by atoms with Crippen molar-refractivity contribution in [2.24, 2.45) is 0 Å². The number of aromatic nitrogens is 3. The van der Waals surface area contributed by atoms with Gasteiger partial charge in [0.25, 0.3) is 0 Å². The number of oxazole rings is 1. The first-order valence-corrected chi connectivity index (χ1v) is 9.00. The SMILES string of the molecule is Cc1cnc([C@@H](C)Oc2ccc(-c3ccc(F)c(Cl)c3F)c3ncnc(N)c23)o1. The minimum atomic E-state index is -0.887. The third kappa shape index (κ3) is 3.36. The van der Waals surface area contributed by atoms with Crippen molar-refractivity contribution in [2.75, 3.05) is 5.73 Å². The molecule has 2 heterocycles. The molecule has 2 aromatic heterocycles. The number of ether oxygens (including phenoxy) is 1. The molecule has 0 saturated carbocycles. The van der Waals surface area contributed by atoms with Gasteiger partial charge in [0.05, 0.1) is 17.1 Å². The summed E-state index contributed by atoms with van der Waals surface area (Å²) in [7, 11) is 0. The number of hydrogen-bond acceptors (Lipinski definition) is 6. The molecule has 1 atom stereocenters. The van der Waals surface area contributed by atoms with Crippen LogP contribution in [0.25, 0.3) is 22.0 Å². The summed E-state index contributed by atoms with van der Waals surface area (Å²) >= 11 is 5.74. The average Bonchev–Trinajstić information content (AvgIpc) is 3.14. The highest BCUT2D eigenvalue weighted by Gasteiger charge is 2.21. The first-order chi connectivity index (χ1) is 13.9. The van der Waals surface area contributed by atoms with E-state index in [0.29, 0.717) is 33.9 Å². The number of nitrogens with two attached hydrogens (primary N) is 1. The van der Waals surface area contributed by atoms with Crippen LogP contribution >= 0.6 is 11.6 Å². The van der Waals surface area contributed by atoms with Gasteiger partial charge in [0.2, 0.25) is 5.89 Å². The van der Waals surface area contributed by atoms with Crippen LogP contribution in [0, 0.1) is 18.6 Å². The van der Waals surface area contributed by atoms with E-state index in [2.05, 4.69) is 15.0 Å². The van der Waals surface area contributed by atoms with E-state index in [1.54, 1.807) is 32.2 Å². The highest BCUT2D eigenvalue weighted by atomic mass is 35.5. The van der Waals surface area contributed by atoms with E-state index in [0.717, 1.165) is 6.07 Å². The van der Waals surface area contributed by atoms with E-state index in [-0.39, 0.29) is 11.4 Å². The summed E-state index contributed by atoms with van der Waals surface area (Å²) in [4.78, 5) is 12.4. The Kier molecular flexibility index (Phi) is 4.79. The van der Waals surface area contributed by atoms with Crippen molar-refractivity contribution in [3.05, 3.63) is 65.1 Å². The second-order valence-corrected chi connectivity index (χ2v) is 6.76. The molecule has 0 aliphatic rings. The molecule has 9 heteroatoms. The van der Waals surface area contributed by atoms with Gasteiger partial charge >= 0.3 is 0 Å². The Morgan fingerprint density at radius 3 is 2.59 bits per heavy atom. The van der Waals surface area contributed by atoms with Crippen LogP contribution in [0.3, 0.4) is 0 Å². The Morgan fingerprint density at radius 2 is 1.86 bits per heavy atom. The van der Waals surface area contributed by atoms with Gasteiger partial charge in [-0.05, 0) is 38.1 Å². The molecular formula is C20H15ClF2N4O2. The Labute approximate surface area is 169 Å². The number of benzene rings is 2. The molecule has 148 valence electrons. The van der Waals surface area contributed by atoms with Gasteiger partial charge in [0, 0.05) is 11.1 Å². The van der Waals surface area contributed by atoms with E-state index in [1.165, 1.54) is 12.4 Å². The molecule has 29 heavy (non-hydrogen) atoms. The van der Waals surface area contributed by atoms with Crippen molar-refractivity contribution in [3.8, 4) is 16.9 Å². The summed E-state index contributed by atoms with van der Waals surface area (Å²) in [6.07, 6.45) is 2.33. The number of nitrogens with zero attached hydrogens (tertiary/aromatic N) is 3. The van der Waals surface area contributed by atoms with Crippen molar-refractivity contribution in [1.82, 2.24) is 15.0 Å². The summed E-state index contributed by atoms with van der Waals surface area (Å²) in [6.45, 7) is 3.55. The number of aryl methyl sites for hydroxylation is 1. The quantitative estimate of drug-likeness (QED) is 0.457. The molecule has 6 nitrogen and oxygen atoms in total. The Hall–Kier alpha value is -3.26. The van der Waals surface area contributed by atoms with E-state index in [4.69, 9.17) is 26.5 Å². The van der Waals surface area contributed by atoms with E-state index in [1.807, 2.05) is 0 Å². The van der Waals surface area contributed by atoms with Crippen molar-refractivity contribution < 1.29 is 17.9 Å². The number of anilines is 1. The molecule has 2 N–H and O–H groups in total. The lowest BCUT2D eigenvalue weighted by Crippen LogP contribution is -2.05. The van der Waals surface area contributed by atoms with Crippen molar-refractivity contribution >= 4 is 28.3 Å². The molecule has 0 aliphatic carbocycles. The van der Waals surface area contributed by atoms with Crippen LogP contribution in [0.1, 0.15) is 24.7 Å². The Bertz CT molecular complexity index is 1230. The Morgan fingerprint density at radius 1 is 1.10 bits per heavy atom. The average molecular weight is 417 g/mol. The molecular weight excluding hydrogens is 402 g/mol. The van der Waals surface area contributed by atoms with Gasteiger partial charge < -0.3 is 14.9 Å². The van der Waals surface area contributed by atoms with E-state index < -0.39 is 22.8 Å². The summed E-state index contributed by atoms with van der Waals surface area (Å²) in [5.41, 5.74) is 6.87. The fourth-order valence-electron chi connectivity index (χ4n) is 3.02. The molecule has 0 unspecified atom stereocenters. The predicted molar refractivity (Wildman–Crippen MR) is 105 cm³/mol. The monoisotopic (exact) mass is 416 g/mol. The smallest absolute Gasteiger partial charge is 0.235 e. The summed E-state index contributed by atoms with van der Waals surface area (Å²) in [5, 5.41) is -0.203. The zero-order valence-electron chi connectivity index (χ0n) is 15.4. The maximum Gasteiger partial charge on any atom is 0.235 e. The highest BCUT2D eigenvalue weighted by molar-refractivity contribution is 6.31. The largest absolute Gasteiger partial charge is 0.480 e. The van der Waals surface area contributed by atoms with Gasteiger partial charge in [-0.2, -0.15) is 0 Å². The minimum absolute atomic E-state index is 0.0856. The fourth-order valence-corrected chi connectivity index (χ4v) is 3.18. The molecule has 0 bridgehead atoms. The normalized spacial score (nSPS) is 12.3. The van der Waals surface area contributed by atoms with Crippen molar-refractivity contribution in [3.63, 3.8) is 0 Å². The van der Waals surface area contributed by atoms with Crippen LogP contribution < -0.4 is 10.5 Å². The second-order valence-electron chi connectivity index (χ2n) is 6.39. The molecule has 0 fully saturated rings. The van der Waals surface area contributed by atoms with Gasteiger partial charge in [-0.1, -0.05) is 11.6 Å². The molecule has 0 amide bonds. The molecule has 0 saturated heterocycles. The molecule has 0 radical (unpaired) electrons. The zero-order chi connectivity index (χ0) is 20.7. The van der Waals surface area contributed by atoms with Crippen LogP contribution in [-0.2, 0) is 0 Å². The van der Waals surface area contributed by atoms with Crippen LogP contribution in [0.4, 0.5) is 14.6 Å². The molecule has 2 aromatic carbocycles. The van der Waals surface area contributed by atoms with Crippen LogP contribution in [0.2, 0.25) is 5.02 Å². The summed E-state index contributed by atoms with van der Waals surface area (Å²) in [6, 6.07) is 5.60. The van der Waals surface area contributed by atoms with Crippen molar-refractivity contribution in [1.29, 1.82) is 0 Å². The van der Waals surface area contributed by atoms with Gasteiger partial charge in [-0.15, -0.1) is 0 Å². The second kappa shape index (κ2) is 7.29. The molecule has 0 spiro atoms. The maximum absolute atomic E-state index is 14.6. The van der Waals surface area contributed by atoms with E-state index >= 15 is 0 Å². The highest BCUT2D eigenvalue weighted by Crippen LogP contribution is 2.39. The third-order valence-electron chi connectivity index (χ3n) is 4.40. The summed E-state index contributed by atoms with van der Waals surface area (Å²) < 4.78 is 39.7. The van der Waals surface area contributed by atoms with Crippen LogP contribution in [-0.4, -0.2) is 15.0 Å². The number of nitrogen functional groups attached to an aromatic ring is 1. The lowest BCUT2D eigenvalue weighted by molar-refractivity contribution is 0.189. The van der Waals surface area contributed by atoms with Gasteiger partial charge in [0.15, 0.2) is 11.9 Å². The van der Waals surface area contributed by atoms with Crippen molar-refractivity contribution in [2.45, 2.75) is 20.0 Å². The topological polar surface area (TPSA) is 87.1 Å². The third-order valence-corrected chi connectivity index (χ3v) is 4.74. The molecule has 0 aliphatic heterocycles. The lowest BCUT2D eigenvalue weighted by Gasteiger charge is -2.16. The van der Waals surface area contributed by atoms with Crippen LogP contribution in [0.15, 0.2) is 41.2 Å². The first-order valence-electron chi connectivity index (χ1n) is 8.63. The Balaban J connectivity index is 1.86. The minimum Gasteiger partial charge on any atom is -0.480 e. The number of halogens is 3. The van der Waals surface area contributed by atoms with Gasteiger partial charge in [-0.25, -0.2) is 23.7 Å². The standard InChI is InChI=1S/C20H15ClF2N4O2/c1-9-7-25-20(28-9)10(2)29-14-6-4-12(18-15(14)19(24)27-8-26-18)11-3-5-13(22)16(21)17(11)23/h3-8,10H,1-2H3,(H2,24,26,27)/t10-/m1/s1. The zero-order valence-corrected chi connectivity index (χ0v) is 16.2. The number of rotatable bonds is 4.